The summed E-state index contributed by atoms with van der Waals surface area (Å²) in [5.41, 5.74) is 6.03. The van der Waals surface area contributed by atoms with E-state index in [9.17, 15) is 9.59 Å². The van der Waals surface area contributed by atoms with E-state index in [2.05, 4.69) is 4.98 Å². The van der Waals surface area contributed by atoms with E-state index < -0.39 is 11.2 Å². The molecule has 0 atom stereocenters. The second-order valence-corrected chi connectivity index (χ2v) is 4.54. The van der Waals surface area contributed by atoms with Gasteiger partial charge in [-0.3, -0.25) is 4.79 Å². The first kappa shape index (κ1) is 13.0. The van der Waals surface area contributed by atoms with Crippen molar-refractivity contribution in [2.24, 2.45) is 0 Å². The molecule has 106 valence electrons. The van der Waals surface area contributed by atoms with Crippen molar-refractivity contribution in [3.63, 3.8) is 0 Å². The first-order chi connectivity index (χ1) is 10.1. The maximum absolute atomic E-state index is 12.5. The standard InChI is InChI=1S/C15H13N3O3/c1-21-10-7-5-9(6-8-10)18-14(19)11-3-2-4-12(16)13(11)17-15(18)20/h2-8H,16H2,1H3,(H,17,20). The van der Waals surface area contributed by atoms with Gasteiger partial charge in [0.2, 0.25) is 0 Å². The van der Waals surface area contributed by atoms with Crippen LogP contribution in [0, 0.1) is 0 Å². The minimum atomic E-state index is -0.532. The number of nitrogens with one attached hydrogen (secondary N) is 1. The van der Waals surface area contributed by atoms with Gasteiger partial charge in [0.25, 0.3) is 5.56 Å². The Morgan fingerprint density at radius 2 is 1.81 bits per heavy atom. The number of ether oxygens (including phenoxy) is 1. The van der Waals surface area contributed by atoms with Gasteiger partial charge < -0.3 is 15.5 Å². The zero-order chi connectivity index (χ0) is 15.0. The molecule has 0 radical (unpaired) electrons. The summed E-state index contributed by atoms with van der Waals surface area (Å²) in [5.74, 6) is 0.647. The smallest absolute Gasteiger partial charge is 0.333 e. The van der Waals surface area contributed by atoms with Crippen LogP contribution in [0.5, 0.6) is 5.75 Å². The number of rotatable bonds is 2. The number of aromatic amines is 1. The molecule has 0 aliphatic heterocycles. The molecule has 6 heteroatoms. The minimum Gasteiger partial charge on any atom is -0.497 e. The number of H-pyrrole nitrogens is 1. The lowest BCUT2D eigenvalue weighted by Gasteiger charge is -2.08. The molecule has 0 aliphatic rings. The van der Waals surface area contributed by atoms with Gasteiger partial charge in [-0.05, 0) is 36.4 Å². The van der Waals surface area contributed by atoms with Crippen LogP contribution in [0.4, 0.5) is 5.69 Å². The Morgan fingerprint density at radius 1 is 1.10 bits per heavy atom. The van der Waals surface area contributed by atoms with E-state index in [1.54, 1.807) is 49.6 Å². The highest BCUT2D eigenvalue weighted by molar-refractivity contribution is 5.88. The number of para-hydroxylation sites is 1. The fourth-order valence-corrected chi connectivity index (χ4v) is 2.23. The molecule has 0 aliphatic carbocycles. The van der Waals surface area contributed by atoms with E-state index in [0.29, 0.717) is 28.0 Å². The molecule has 1 aromatic heterocycles. The maximum Gasteiger partial charge on any atom is 0.333 e. The molecule has 21 heavy (non-hydrogen) atoms. The van der Waals surface area contributed by atoms with E-state index in [1.165, 1.54) is 0 Å². The molecule has 0 bridgehead atoms. The van der Waals surface area contributed by atoms with Crippen LogP contribution in [0.15, 0.2) is 52.1 Å². The lowest BCUT2D eigenvalue weighted by molar-refractivity contribution is 0.414. The number of methoxy groups -OCH3 is 1. The summed E-state index contributed by atoms with van der Waals surface area (Å²) in [7, 11) is 1.55. The van der Waals surface area contributed by atoms with Crippen LogP contribution >= 0.6 is 0 Å². The van der Waals surface area contributed by atoms with Gasteiger partial charge >= 0.3 is 5.69 Å². The van der Waals surface area contributed by atoms with Crippen LogP contribution in [-0.4, -0.2) is 16.7 Å². The van der Waals surface area contributed by atoms with Gasteiger partial charge in [0.1, 0.15) is 5.75 Å². The molecule has 3 N–H and O–H groups in total. The lowest BCUT2D eigenvalue weighted by Crippen LogP contribution is -2.33. The quantitative estimate of drug-likeness (QED) is 0.693. The summed E-state index contributed by atoms with van der Waals surface area (Å²) >= 11 is 0. The van der Waals surface area contributed by atoms with Gasteiger partial charge in [-0.2, -0.15) is 0 Å². The summed E-state index contributed by atoms with van der Waals surface area (Å²) in [5, 5.41) is 0.366. The van der Waals surface area contributed by atoms with Gasteiger partial charge in [-0.1, -0.05) is 6.07 Å². The van der Waals surface area contributed by atoms with Crippen LogP contribution in [0.1, 0.15) is 0 Å². The maximum atomic E-state index is 12.5. The molecule has 0 spiro atoms. The van der Waals surface area contributed by atoms with Gasteiger partial charge in [0.05, 0.1) is 29.4 Å². The van der Waals surface area contributed by atoms with Gasteiger partial charge in [0, 0.05) is 0 Å². The SMILES string of the molecule is COc1ccc(-n2c(=O)[nH]c3c(N)cccc3c2=O)cc1. The fourth-order valence-electron chi connectivity index (χ4n) is 2.23. The Kier molecular flexibility index (Phi) is 2.98. The minimum absolute atomic E-state index is 0.359. The first-order valence-electron chi connectivity index (χ1n) is 6.30. The topological polar surface area (TPSA) is 90.1 Å². The second kappa shape index (κ2) is 4.82. The Morgan fingerprint density at radius 3 is 2.48 bits per heavy atom. The van der Waals surface area contributed by atoms with Gasteiger partial charge in [-0.15, -0.1) is 0 Å². The molecule has 2 aromatic carbocycles. The molecule has 3 rings (SSSR count). The van der Waals surface area contributed by atoms with Crippen LogP contribution in [-0.2, 0) is 0 Å². The normalized spacial score (nSPS) is 10.7. The van der Waals surface area contributed by atoms with Gasteiger partial charge in [-0.25, -0.2) is 9.36 Å². The van der Waals surface area contributed by atoms with E-state index in [0.717, 1.165) is 4.57 Å². The van der Waals surface area contributed by atoms with Crippen molar-refractivity contribution in [2.45, 2.75) is 0 Å². The Labute approximate surface area is 119 Å². The number of aromatic nitrogens is 2. The summed E-state index contributed by atoms with van der Waals surface area (Å²) < 4.78 is 6.13. The predicted molar refractivity (Wildman–Crippen MR) is 81.1 cm³/mol. The Hall–Kier alpha value is -3.02. The highest BCUT2D eigenvalue weighted by atomic mass is 16.5. The Bertz CT molecular complexity index is 924. The molecule has 3 aromatic rings. The van der Waals surface area contributed by atoms with E-state index in [1.807, 2.05) is 0 Å². The summed E-state index contributed by atoms with van der Waals surface area (Å²) in [4.78, 5) is 27.3. The zero-order valence-electron chi connectivity index (χ0n) is 11.3. The number of hydrogen-bond acceptors (Lipinski definition) is 4. The number of fused-ring (bicyclic) bond motifs is 1. The molecule has 0 fully saturated rings. The van der Waals surface area contributed by atoms with Crippen molar-refractivity contribution in [3.05, 3.63) is 63.3 Å². The van der Waals surface area contributed by atoms with Crippen molar-refractivity contribution in [3.8, 4) is 11.4 Å². The van der Waals surface area contributed by atoms with E-state index >= 15 is 0 Å². The monoisotopic (exact) mass is 283 g/mol. The first-order valence-corrected chi connectivity index (χ1v) is 6.30. The molecule has 1 heterocycles. The number of nitrogens with zero attached hydrogens (tertiary/aromatic N) is 1. The molecule has 0 saturated carbocycles. The average molecular weight is 283 g/mol. The highest BCUT2D eigenvalue weighted by Gasteiger charge is 2.10. The largest absolute Gasteiger partial charge is 0.497 e. The van der Waals surface area contributed by atoms with Crippen molar-refractivity contribution in [1.29, 1.82) is 0 Å². The molecule has 0 amide bonds. The van der Waals surface area contributed by atoms with E-state index in [4.69, 9.17) is 10.5 Å². The third-order valence-electron chi connectivity index (χ3n) is 3.30. The molecule has 6 nitrogen and oxygen atoms in total. The number of anilines is 1. The third-order valence-corrected chi connectivity index (χ3v) is 3.30. The van der Waals surface area contributed by atoms with Crippen molar-refractivity contribution in [1.82, 2.24) is 9.55 Å². The van der Waals surface area contributed by atoms with Crippen LogP contribution in [0.2, 0.25) is 0 Å². The highest BCUT2D eigenvalue weighted by Crippen LogP contribution is 2.16. The summed E-state index contributed by atoms with van der Waals surface area (Å²) in [6.45, 7) is 0. The van der Waals surface area contributed by atoms with Crippen molar-refractivity contribution in [2.75, 3.05) is 12.8 Å². The van der Waals surface area contributed by atoms with Crippen molar-refractivity contribution >= 4 is 16.6 Å². The second-order valence-electron chi connectivity index (χ2n) is 4.54. The van der Waals surface area contributed by atoms with Crippen LogP contribution < -0.4 is 21.7 Å². The molecule has 0 saturated heterocycles. The lowest BCUT2D eigenvalue weighted by atomic mass is 10.2. The molecular formula is C15H13N3O3. The average Bonchev–Trinajstić information content (AvgIpc) is 2.49. The summed E-state index contributed by atoms with van der Waals surface area (Å²) in [6, 6.07) is 11.6. The summed E-state index contributed by atoms with van der Waals surface area (Å²) in [6.07, 6.45) is 0. The number of nitrogen functional groups attached to an aromatic ring is 1. The van der Waals surface area contributed by atoms with Crippen molar-refractivity contribution < 1.29 is 4.74 Å². The zero-order valence-corrected chi connectivity index (χ0v) is 11.3. The third kappa shape index (κ3) is 2.06. The van der Waals surface area contributed by atoms with Crippen LogP contribution in [0.3, 0.4) is 0 Å². The number of nitrogens with two attached hydrogens (primary N) is 1. The number of hydrogen-bond donors (Lipinski definition) is 2. The van der Waals surface area contributed by atoms with Crippen LogP contribution in [0.25, 0.3) is 16.6 Å². The number of benzene rings is 2. The molecule has 0 unspecified atom stereocenters. The van der Waals surface area contributed by atoms with E-state index in [-0.39, 0.29) is 0 Å². The molecular weight excluding hydrogens is 270 g/mol. The Balaban J connectivity index is 2.32. The predicted octanol–water partition coefficient (Wildman–Crippen LogP) is 1.27. The van der Waals surface area contributed by atoms with Gasteiger partial charge in [0.15, 0.2) is 0 Å². The fraction of sp³-hybridized carbons (Fsp3) is 0.0667.